The van der Waals surface area contributed by atoms with Gasteiger partial charge in [-0.05, 0) is 43.3 Å². The smallest absolute Gasteiger partial charge is 0.266 e. The Bertz CT molecular complexity index is 899. The first-order valence-electron chi connectivity index (χ1n) is 7.31. The van der Waals surface area contributed by atoms with Crippen LogP contribution in [0.2, 0.25) is 10.0 Å². The minimum absolute atomic E-state index is 0.316. The summed E-state index contributed by atoms with van der Waals surface area (Å²) in [5.41, 5.74) is 0.810. The number of nitrogens with zero attached hydrogens (tertiary/aromatic N) is 1. The van der Waals surface area contributed by atoms with Crippen molar-refractivity contribution in [2.45, 2.75) is 13.0 Å². The molecule has 6 heteroatoms. The number of hydrogen-bond donors (Lipinski definition) is 1. The monoisotopic (exact) mass is 360 g/mol. The highest BCUT2D eigenvalue weighted by Crippen LogP contribution is 2.28. The van der Waals surface area contributed by atoms with Crippen molar-refractivity contribution >= 4 is 45.8 Å². The number of hydrogen-bond acceptors (Lipinski definition) is 3. The topological polar surface area (TPSA) is 51.2 Å². The number of rotatable bonds is 4. The number of pyridine rings is 1. The molecule has 122 valence electrons. The van der Waals surface area contributed by atoms with Crippen LogP contribution < -0.4 is 10.1 Å². The molecule has 0 radical (unpaired) electrons. The van der Waals surface area contributed by atoms with Gasteiger partial charge < -0.3 is 10.1 Å². The summed E-state index contributed by atoms with van der Waals surface area (Å²) in [7, 11) is 0. The minimum Gasteiger partial charge on any atom is -0.479 e. The molecule has 0 aliphatic heterocycles. The predicted molar refractivity (Wildman–Crippen MR) is 96.9 cm³/mol. The van der Waals surface area contributed by atoms with Crippen LogP contribution in [0.15, 0.2) is 54.6 Å². The Hall–Kier alpha value is -2.30. The molecule has 1 atom stereocenters. The van der Waals surface area contributed by atoms with Crippen LogP contribution in [0.5, 0.6) is 5.75 Å². The van der Waals surface area contributed by atoms with Crippen molar-refractivity contribution < 1.29 is 9.53 Å². The molecule has 3 aromatic rings. The molecule has 2 aromatic carbocycles. The van der Waals surface area contributed by atoms with Gasteiger partial charge in [0.25, 0.3) is 5.91 Å². The Kier molecular flexibility index (Phi) is 4.88. The van der Waals surface area contributed by atoms with E-state index in [1.54, 1.807) is 31.2 Å². The van der Waals surface area contributed by atoms with Crippen molar-refractivity contribution in [3.63, 3.8) is 0 Å². The van der Waals surface area contributed by atoms with Crippen molar-refractivity contribution in [3.05, 3.63) is 64.6 Å². The molecule has 1 aromatic heterocycles. The summed E-state index contributed by atoms with van der Waals surface area (Å²) in [5.74, 6) is 0.551. The van der Waals surface area contributed by atoms with Crippen LogP contribution in [-0.2, 0) is 4.79 Å². The van der Waals surface area contributed by atoms with Crippen molar-refractivity contribution in [1.82, 2.24) is 4.98 Å². The van der Waals surface area contributed by atoms with Gasteiger partial charge in [-0.15, -0.1) is 0 Å². The Morgan fingerprint density at radius 1 is 1.12 bits per heavy atom. The van der Waals surface area contributed by atoms with Crippen molar-refractivity contribution in [2.75, 3.05) is 5.32 Å². The molecule has 0 fully saturated rings. The van der Waals surface area contributed by atoms with Crippen molar-refractivity contribution in [1.29, 1.82) is 0 Å². The van der Waals surface area contributed by atoms with Gasteiger partial charge in [0.05, 0.1) is 10.5 Å². The maximum atomic E-state index is 12.3. The number of aromatic nitrogens is 1. The first-order valence-corrected chi connectivity index (χ1v) is 8.07. The Balaban J connectivity index is 1.70. The van der Waals surface area contributed by atoms with Crippen molar-refractivity contribution in [3.8, 4) is 5.75 Å². The molecule has 1 N–H and O–H groups in total. The lowest BCUT2D eigenvalue weighted by atomic mass is 10.2. The number of anilines is 1. The number of fused-ring (bicyclic) bond motifs is 1. The SMILES string of the molecule is C[C@@H](Oc1ccc(Cl)cc1Cl)C(=O)Nc1ccc2ccccc2n1. The molecule has 4 nitrogen and oxygen atoms in total. The summed E-state index contributed by atoms with van der Waals surface area (Å²) in [6.07, 6.45) is -0.739. The van der Waals surface area contributed by atoms with Crippen LogP contribution in [0.4, 0.5) is 5.82 Å². The molecule has 0 aliphatic rings. The first-order chi connectivity index (χ1) is 11.5. The summed E-state index contributed by atoms with van der Waals surface area (Å²) < 4.78 is 5.59. The van der Waals surface area contributed by atoms with Crippen LogP contribution in [0.3, 0.4) is 0 Å². The number of amides is 1. The molecule has 0 saturated heterocycles. The summed E-state index contributed by atoms with van der Waals surface area (Å²) in [6.45, 7) is 1.64. The van der Waals surface area contributed by atoms with Gasteiger partial charge in [0.1, 0.15) is 11.6 Å². The van der Waals surface area contributed by atoms with Crippen LogP contribution in [0, 0.1) is 0 Å². The van der Waals surface area contributed by atoms with Gasteiger partial charge in [0.15, 0.2) is 6.10 Å². The number of carbonyl (C=O) groups is 1. The number of carbonyl (C=O) groups excluding carboxylic acids is 1. The van der Waals surface area contributed by atoms with Gasteiger partial charge in [0, 0.05) is 10.4 Å². The third-order valence-corrected chi connectivity index (χ3v) is 3.95. The number of nitrogens with one attached hydrogen (secondary N) is 1. The zero-order valence-electron chi connectivity index (χ0n) is 12.8. The average molecular weight is 361 g/mol. The van der Waals surface area contributed by atoms with Crippen LogP contribution in [0.25, 0.3) is 10.9 Å². The predicted octanol–water partition coefficient (Wildman–Crippen LogP) is 4.95. The summed E-state index contributed by atoms with van der Waals surface area (Å²) in [6, 6.07) is 16.2. The lowest BCUT2D eigenvalue weighted by Gasteiger charge is -2.15. The molecule has 24 heavy (non-hydrogen) atoms. The van der Waals surface area contributed by atoms with Crippen molar-refractivity contribution in [2.24, 2.45) is 0 Å². The minimum atomic E-state index is -0.739. The summed E-state index contributed by atoms with van der Waals surface area (Å²) in [5, 5.41) is 4.61. The second kappa shape index (κ2) is 7.07. The molecule has 0 saturated carbocycles. The lowest BCUT2D eigenvalue weighted by molar-refractivity contribution is -0.122. The normalized spacial score (nSPS) is 12.0. The molecule has 0 unspecified atom stereocenters. The maximum Gasteiger partial charge on any atom is 0.266 e. The van der Waals surface area contributed by atoms with E-state index in [1.807, 2.05) is 30.3 Å². The number of benzene rings is 2. The van der Waals surface area contributed by atoms with E-state index >= 15 is 0 Å². The van der Waals surface area contributed by atoms with E-state index in [4.69, 9.17) is 27.9 Å². The molecule has 0 spiro atoms. The zero-order chi connectivity index (χ0) is 17.1. The van der Waals surface area contributed by atoms with Gasteiger partial charge in [-0.3, -0.25) is 4.79 Å². The Morgan fingerprint density at radius 3 is 2.71 bits per heavy atom. The van der Waals surface area contributed by atoms with E-state index < -0.39 is 6.10 Å². The van der Waals surface area contributed by atoms with E-state index in [0.717, 1.165) is 10.9 Å². The molecule has 1 amide bonds. The molecular formula is C18H14Cl2N2O2. The number of halogens is 2. The van der Waals surface area contributed by atoms with E-state index in [1.165, 1.54) is 0 Å². The third kappa shape index (κ3) is 3.78. The van der Waals surface area contributed by atoms with E-state index in [2.05, 4.69) is 10.3 Å². The van der Waals surface area contributed by atoms with Gasteiger partial charge in [0.2, 0.25) is 0 Å². The van der Waals surface area contributed by atoms with Crippen LogP contribution in [0.1, 0.15) is 6.92 Å². The second-order valence-corrected chi connectivity index (χ2v) is 6.06. The maximum absolute atomic E-state index is 12.3. The molecule has 0 bridgehead atoms. The standard InChI is InChI=1S/C18H14Cl2N2O2/c1-11(24-16-8-7-13(19)10-14(16)20)18(23)22-17-9-6-12-4-2-3-5-15(12)21-17/h2-11H,1H3,(H,21,22,23)/t11-/m1/s1. The highest BCUT2D eigenvalue weighted by molar-refractivity contribution is 6.35. The molecule has 0 aliphatic carbocycles. The molecular weight excluding hydrogens is 347 g/mol. The Labute approximate surface area is 149 Å². The zero-order valence-corrected chi connectivity index (χ0v) is 14.3. The average Bonchev–Trinajstić information content (AvgIpc) is 2.57. The van der Waals surface area contributed by atoms with Gasteiger partial charge in [-0.2, -0.15) is 0 Å². The molecule has 1 heterocycles. The van der Waals surface area contributed by atoms with Gasteiger partial charge in [-0.1, -0.05) is 41.4 Å². The van der Waals surface area contributed by atoms with E-state index in [0.29, 0.717) is 21.6 Å². The summed E-state index contributed by atoms with van der Waals surface area (Å²) >= 11 is 11.9. The van der Waals surface area contributed by atoms with Crippen LogP contribution in [-0.4, -0.2) is 17.0 Å². The largest absolute Gasteiger partial charge is 0.479 e. The molecule has 3 rings (SSSR count). The van der Waals surface area contributed by atoms with E-state index in [-0.39, 0.29) is 5.91 Å². The fourth-order valence-corrected chi connectivity index (χ4v) is 2.63. The van der Waals surface area contributed by atoms with Crippen LogP contribution >= 0.6 is 23.2 Å². The summed E-state index contributed by atoms with van der Waals surface area (Å²) in [4.78, 5) is 16.7. The Morgan fingerprint density at radius 2 is 1.92 bits per heavy atom. The van der Waals surface area contributed by atoms with Gasteiger partial charge >= 0.3 is 0 Å². The number of ether oxygens (including phenoxy) is 1. The first kappa shape index (κ1) is 16.6. The fraction of sp³-hybridized carbons (Fsp3) is 0.111. The highest BCUT2D eigenvalue weighted by Gasteiger charge is 2.17. The van der Waals surface area contributed by atoms with Gasteiger partial charge in [-0.25, -0.2) is 4.98 Å². The van der Waals surface area contributed by atoms with E-state index in [9.17, 15) is 4.79 Å². The third-order valence-electron chi connectivity index (χ3n) is 3.42. The number of para-hydroxylation sites is 1. The highest BCUT2D eigenvalue weighted by atomic mass is 35.5. The lowest BCUT2D eigenvalue weighted by Crippen LogP contribution is -2.30. The fourth-order valence-electron chi connectivity index (χ4n) is 2.18. The quantitative estimate of drug-likeness (QED) is 0.716. The second-order valence-electron chi connectivity index (χ2n) is 5.21.